The van der Waals surface area contributed by atoms with Crippen molar-refractivity contribution in [3.05, 3.63) is 48.5 Å². The number of fused-ring (bicyclic) bond motifs is 1. The van der Waals surface area contributed by atoms with Gasteiger partial charge >= 0.3 is 0 Å². The number of piperazine rings is 1. The summed E-state index contributed by atoms with van der Waals surface area (Å²) in [5, 5.41) is 6.46. The maximum Gasteiger partial charge on any atom is 0.152 e. The molecule has 150 valence electrons. The minimum absolute atomic E-state index is 0.250. The van der Waals surface area contributed by atoms with E-state index < -0.39 is 0 Å². The highest BCUT2D eigenvalue weighted by Gasteiger charge is 2.31. The van der Waals surface area contributed by atoms with Crippen molar-refractivity contribution < 1.29 is 4.79 Å². The van der Waals surface area contributed by atoms with E-state index in [2.05, 4.69) is 44.1 Å². The number of rotatable bonds is 6. The number of pyridine rings is 1. The molecule has 3 heterocycles. The third kappa shape index (κ3) is 4.23. The van der Waals surface area contributed by atoms with Crippen LogP contribution >= 0.6 is 0 Å². The van der Waals surface area contributed by atoms with Crippen molar-refractivity contribution in [1.29, 1.82) is 0 Å². The van der Waals surface area contributed by atoms with Crippen LogP contribution in [0.1, 0.15) is 18.5 Å². The van der Waals surface area contributed by atoms with E-state index in [0.717, 1.165) is 59.8 Å². The number of aryl methyl sites for hydroxylation is 1. The van der Waals surface area contributed by atoms with Gasteiger partial charge in [0.1, 0.15) is 0 Å². The summed E-state index contributed by atoms with van der Waals surface area (Å²) < 4.78 is 1.81. The van der Waals surface area contributed by atoms with Crippen LogP contribution in [0.4, 0.5) is 0 Å². The Balaban J connectivity index is 1.24. The van der Waals surface area contributed by atoms with Gasteiger partial charge in [0.05, 0.1) is 19.2 Å². The number of ketones is 1. The lowest BCUT2D eigenvalue weighted by molar-refractivity contribution is -0.120. The van der Waals surface area contributed by atoms with Crippen molar-refractivity contribution >= 4 is 16.6 Å². The first kappa shape index (κ1) is 18.5. The molecule has 5 rings (SSSR count). The fourth-order valence-corrected chi connectivity index (χ4v) is 4.27. The lowest BCUT2D eigenvalue weighted by atomic mass is 10.0. The Morgan fingerprint density at radius 3 is 2.59 bits per heavy atom. The molecule has 6 nitrogen and oxygen atoms in total. The Morgan fingerprint density at radius 1 is 1.03 bits per heavy atom. The Bertz CT molecular complexity index is 1030. The van der Waals surface area contributed by atoms with Crippen LogP contribution in [0.25, 0.3) is 21.9 Å². The van der Waals surface area contributed by atoms with Crippen LogP contribution in [0, 0.1) is 0 Å². The molecule has 1 aliphatic heterocycles. The van der Waals surface area contributed by atoms with Gasteiger partial charge in [0.25, 0.3) is 0 Å². The quantitative estimate of drug-likeness (QED) is 0.648. The first-order valence-corrected chi connectivity index (χ1v) is 10.5. The van der Waals surface area contributed by atoms with Crippen LogP contribution in [-0.2, 0) is 18.3 Å². The number of hydrogen-bond acceptors (Lipinski definition) is 5. The minimum Gasteiger partial charge on any atom is -0.298 e. The van der Waals surface area contributed by atoms with Gasteiger partial charge in [-0.1, -0.05) is 12.1 Å². The first-order valence-electron chi connectivity index (χ1n) is 10.5. The Hall–Kier alpha value is -2.57. The van der Waals surface area contributed by atoms with Crippen molar-refractivity contribution in [2.75, 3.05) is 32.7 Å². The number of carbonyl (C=O) groups is 1. The largest absolute Gasteiger partial charge is 0.298 e. The molecule has 0 spiro atoms. The zero-order valence-electron chi connectivity index (χ0n) is 16.9. The molecule has 0 radical (unpaired) electrons. The van der Waals surface area contributed by atoms with E-state index in [1.54, 1.807) is 4.68 Å². The number of nitrogens with zero attached hydrogens (tertiary/aromatic N) is 5. The molecular formula is C23H27N5O. The van der Waals surface area contributed by atoms with E-state index in [0.29, 0.717) is 13.0 Å². The van der Waals surface area contributed by atoms with E-state index >= 15 is 0 Å². The lowest BCUT2D eigenvalue weighted by Crippen LogP contribution is -2.48. The normalized spacial score (nSPS) is 18.4. The summed E-state index contributed by atoms with van der Waals surface area (Å²) in [5.41, 5.74) is 3.07. The zero-order valence-corrected chi connectivity index (χ0v) is 16.9. The van der Waals surface area contributed by atoms with Crippen LogP contribution in [0.5, 0.6) is 0 Å². The summed E-state index contributed by atoms with van der Waals surface area (Å²) in [5.74, 6) is 0.250. The van der Waals surface area contributed by atoms with Crippen molar-refractivity contribution in [3.8, 4) is 11.1 Å². The van der Waals surface area contributed by atoms with Crippen molar-refractivity contribution in [2.45, 2.75) is 25.3 Å². The van der Waals surface area contributed by atoms with Crippen LogP contribution in [0.2, 0.25) is 0 Å². The standard InChI is InChI=1S/C23H27N5O/c1-26-15-20(14-25-26)17-2-3-18-13-24-21(11-19(18)10-17)12-23(29)16-27-6-8-28(9-7-27)22-4-5-22/h2-3,10-11,13-15,22H,4-9,12,16H2,1H3. The Kier molecular flexibility index (Phi) is 4.89. The van der Waals surface area contributed by atoms with Gasteiger partial charge in [-0.15, -0.1) is 0 Å². The molecule has 1 aliphatic carbocycles. The molecule has 1 aromatic carbocycles. The zero-order chi connectivity index (χ0) is 19.8. The Labute approximate surface area is 171 Å². The maximum atomic E-state index is 12.6. The smallest absolute Gasteiger partial charge is 0.152 e. The van der Waals surface area contributed by atoms with Gasteiger partial charge in [0, 0.05) is 68.3 Å². The lowest BCUT2D eigenvalue weighted by Gasteiger charge is -2.34. The monoisotopic (exact) mass is 389 g/mol. The molecule has 1 saturated carbocycles. The number of Topliss-reactive ketones (excluding diaryl/α,β-unsaturated/α-hetero) is 1. The van der Waals surface area contributed by atoms with Crippen LogP contribution in [0.15, 0.2) is 42.9 Å². The van der Waals surface area contributed by atoms with Crippen molar-refractivity contribution in [2.24, 2.45) is 7.05 Å². The van der Waals surface area contributed by atoms with Gasteiger partial charge in [0.2, 0.25) is 0 Å². The molecule has 2 aliphatic rings. The second-order valence-corrected chi connectivity index (χ2v) is 8.40. The molecule has 6 heteroatoms. The fourth-order valence-electron chi connectivity index (χ4n) is 4.27. The van der Waals surface area contributed by atoms with Gasteiger partial charge in [-0.05, 0) is 35.9 Å². The van der Waals surface area contributed by atoms with E-state index in [-0.39, 0.29) is 5.78 Å². The molecule has 2 aromatic heterocycles. The van der Waals surface area contributed by atoms with E-state index in [1.807, 2.05) is 25.6 Å². The van der Waals surface area contributed by atoms with Crippen LogP contribution in [0.3, 0.4) is 0 Å². The minimum atomic E-state index is 0.250. The summed E-state index contributed by atoms with van der Waals surface area (Å²) >= 11 is 0. The Morgan fingerprint density at radius 2 is 1.86 bits per heavy atom. The topological polar surface area (TPSA) is 54.3 Å². The second-order valence-electron chi connectivity index (χ2n) is 8.40. The van der Waals surface area contributed by atoms with Gasteiger partial charge in [0.15, 0.2) is 5.78 Å². The van der Waals surface area contributed by atoms with Gasteiger partial charge < -0.3 is 0 Å². The molecule has 3 aromatic rings. The predicted molar refractivity (Wildman–Crippen MR) is 114 cm³/mol. The number of benzene rings is 1. The van der Waals surface area contributed by atoms with Crippen molar-refractivity contribution in [3.63, 3.8) is 0 Å². The van der Waals surface area contributed by atoms with Gasteiger partial charge in [-0.3, -0.25) is 24.3 Å². The number of hydrogen-bond donors (Lipinski definition) is 0. The third-order valence-corrected chi connectivity index (χ3v) is 6.06. The SMILES string of the molecule is Cn1cc(-c2ccc3cnc(CC(=O)CN4CCN(C5CC5)CC4)cc3c2)cn1. The summed E-state index contributed by atoms with van der Waals surface area (Å²) in [6.45, 7) is 4.74. The average molecular weight is 390 g/mol. The summed E-state index contributed by atoms with van der Waals surface area (Å²) in [6.07, 6.45) is 8.87. The highest BCUT2D eigenvalue weighted by molar-refractivity contribution is 5.88. The highest BCUT2D eigenvalue weighted by Crippen LogP contribution is 2.27. The molecule has 2 fully saturated rings. The first-order chi connectivity index (χ1) is 14.1. The molecular weight excluding hydrogens is 362 g/mol. The van der Waals surface area contributed by atoms with Crippen molar-refractivity contribution in [1.82, 2.24) is 24.6 Å². The van der Waals surface area contributed by atoms with Crippen LogP contribution < -0.4 is 0 Å². The number of aromatic nitrogens is 3. The third-order valence-electron chi connectivity index (χ3n) is 6.06. The fraction of sp³-hybridized carbons (Fsp3) is 0.435. The van der Waals surface area contributed by atoms with Gasteiger partial charge in [-0.2, -0.15) is 5.10 Å². The second kappa shape index (κ2) is 7.69. The predicted octanol–water partition coefficient (Wildman–Crippen LogP) is 2.53. The van der Waals surface area contributed by atoms with Crippen LogP contribution in [-0.4, -0.2) is 69.1 Å². The molecule has 0 unspecified atom stereocenters. The molecule has 0 atom stereocenters. The molecule has 29 heavy (non-hydrogen) atoms. The molecule has 0 bridgehead atoms. The molecule has 0 N–H and O–H groups in total. The number of carbonyl (C=O) groups excluding carboxylic acids is 1. The average Bonchev–Trinajstić information content (AvgIpc) is 3.48. The summed E-state index contributed by atoms with van der Waals surface area (Å²) in [7, 11) is 1.92. The summed E-state index contributed by atoms with van der Waals surface area (Å²) in [4.78, 5) is 22.0. The molecule has 1 saturated heterocycles. The summed E-state index contributed by atoms with van der Waals surface area (Å²) in [6, 6.07) is 9.20. The maximum absolute atomic E-state index is 12.6. The van der Waals surface area contributed by atoms with E-state index in [4.69, 9.17) is 0 Å². The van der Waals surface area contributed by atoms with E-state index in [9.17, 15) is 4.79 Å². The van der Waals surface area contributed by atoms with Gasteiger partial charge in [-0.25, -0.2) is 0 Å². The van der Waals surface area contributed by atoms with E-state index in [1.165, 1.54) is 12.8 Å². The molecule has 0 amide bonds. The highest BCUT2D eigenvalue weighted by atomic mass is 16.1.